The molecule has 7 nitrogen and oxygen atoms in total. The summed E-state index contributed by atoms with van der Waals surface area (Å²) in [4.78, 5) is 12.1. The van der Waals surface area contributed by atoms with E-state index in [0.29, 0.717) is 19.4 Å². The van der Waals surface area contributed by atoms with Crippen LogP contribution in [0.3, 0.4) is 0 Å². The lowest BCUT2D eigenvalue weighted by Crippen LogP contribution is -2.27. The van der Waals surface area contributed by atoms with E-state index in [9.17, 15) is 4.79 Å². The lowest BCUT2D eigenvalue weighted by Gasteiger charge is -2.05. The van der Waals surface area contributed by atoms with Crippen LogP contribution in [0.1, 0.15) is 11.3 Å². The average molecular weight is 347 g/mol. The minimum atomic E-state index is -0.0173. The van der Waals surface area contributed by atoms with Gasteiger partial charge in [0.05, 0.1) is 12.1 Å². The molecular formula is C19H17N5O2. The van der Waals surface area contributed by atoms with Gasteiger partial charge >= 0.3 is 0 Å². The second-order valence-electron chi connectivity index (χ2n) is 5.95. The number of carbonyl (C=O) groups is 1. The highest BCUT2D eigenvalue weighted by atomic mass is 16.3. The molecule has 2 heterocycles. The summed E-state index contributed by atoms with van der Waals surface area (Å²) in [6.07, 6.45) is 2.52. The van der Waals surface area contributed by atoms with E-state index in [2.05, 4.69) is 20.8 Å². The summed E-state index contributed by atoms with van der Waals surface area (Å²) in [5.41, 5.74) is 2.66. The molecule has 1 N–H and O–H groups in total. The molecule has 2 aromatic carbocycles. The van der Waals surface area contributed by atoms with E-state index in [4.69, 9.17) is 4.42 Å². The van der Waals surface area contributed by atoms with Crippen LogP contribution in [0, 0.1) is 0 Å². The third kappa shape index (κ3) is 3.61. The number of benzene rings is 2. The van der Waals surface area contributed by atoms with Crippen molar-refractivity contribution in [3.8, 4) is 5.69 Å². The van der Waals surface area contributed by atoms with Crippen molar-refractivity contribution in [2.24, 2.45) is 0 Å². The van der Waals surface area contributed by atoms with Gasteiger partial charge in [0.15, 0.2) is 0 Å². The van der Waals surface area contributed by atoms with Crippen LogP contribution in [0.2, 0.25) is 0 Å². The number of aromatic nitrogens is 4. The van der Waals surface area contributed by atoms with E-state index in [1.165, 1.54) is 6.33 Å². The van der Waals surface area contributed by atoms with Gasteiger partial charge in [-0.15, -0.1) is 5.10 Å². The summed E-state index contributed by atoms with van der Waals surface area (Å²) in [5.74, 6) is 0.855. The van der Waals surface area contributed by atoms with Crippen molar-refractivity contribution in [3.05, 3.63) is 72.2 Å². The smallest absolute Gasteiger partial charge is 0.224 e. The van der Waals surface area contributed by atoms with Crippen molar-refractivity contribution in [3.63, 3.8) is 0 Å². The van der Waals surface area contributed by atoms with Gasteiger partial charge in [-0.1, -0.05) is 30.3 Å². The monoisotopic (exact) mass is 347 g/mol. The number of hydrogen-bond donors (Lipinski definition) is 1. The number of para-hydroxylation sites is 1. The zero-order valence-electron chi connectivity index (χ0n) is 14.0. The van der Waals surface area contributed by atoms with E-state index in [0.717, 1.165) is 28.0 Å². The number of hydrogen-bond acceptors (Lipinski definition) is 5. The minimum Gasteiger partial charge on any atom is -0.461 e. The third-order valence-corrected chi connectivity index (χ3v) is 4.08. The first-order chi connectivity index (χ1) is 12.8. The van der Waals surface area contributed by atoms with Crippen LogP contribution in [0.5, 0.6) is 0 Å². The fourth-order valence-electron chi connectivity index (χ4n) is 2.78. The summed E-state index contributed by atoms with van der Waals surface area (Å²) >= 11 is 0. The first-order valence-corrected chi connectivity index (χ1v) is 8.34. The van der Waals surface area contributed by atoms with E-state index in [-0.39, 0.29) is 5.91 Å². The number of nitrogens with zero attached hydrogens (tertiary/aromatic N) is 4. The van der Waals surface area contributed by atoms with E-state index < -0.39 is 0 Å². The Morgan fingerprint density at radius 3 is 2.73 bits per heavy atom. The van der Waals surface area contributed by atoms with Gasteiger partial charge in [-0.3, -0.25) is 4.79 Å². The topological polar surface area (TPSA) is 85.8 Å². The van der Waals surface area contributed by atoms with Crippen molar-refractivity contribution in [1.29, 1.82) is 0 Å². The molecule has 0 atom stereocenters. The van der Waals surface area contributed by atoms with Crippen LogP contribution < -0.4 is 5.32 Å². The fourth-order valence-corrected chi connectivity index (χ4v) is 2.78. The molecular weight excluding hydrogens is 330 g/mol. The maximum absolute atomic E-state index is 12.1. The Kier molecular flexibility index (Phi) is 4.42. The predicted molar refractivity (Wildman–Crippen MR) is 95.8 cm³/mol. The van der Waals surface area contributed by atoms with Crippen molar-refractivity contribution in [1.82, 2.24) is 25.5 Å². The third-order valence-electron chi connectivity index (χ3n) is 4.08. The number of carbonyl (C=O) groups excluding carboxylic acids is 1. The van der Waals surface area contributed by atoms with Crippen LogP contribution in [-0.4, -0.2) is 32.7 Å². The van der Waals surface area contributed by atoms with Crippen LogP contribution in [0.25, 0.3) is 16.7 Å². The zero-order chi connectivity index (χ0) is 17.8. The van der Waals surface area contributed by atoms with E-state index in [1.807, 2.05) is 54.6 Å². The van der Waals surface area contributed by atoms with Crippen LogP contribution in [0.4, 0.5) is 0 Å². The summed E-state index contributed by atoms with van der Waals surface area (Å²) in [6, 6.07) is 17.5. The van der Waals surface area contributed by atoms with Gasteiger partial charge in [0.1, 0.15) is 17.7 Å². The number of nitrogens with one attached hydrogen (secondary N) is 1. The normalized spacial score (nSPS) is 10.9. The quantitative estimate of drug-likeness (QED) is 0.578. The van der Waals surface area contributed by atoms with Crippen LogP contribution in [0.15, 0.2) is 65.3 Å². The molecule has 0 spiro atoms. The van der Waals surface area contributed by atoms with Crippen LogP contribution in [-0.2, 0) is 17.6 Å². The van der Waals surface area contributed by atoms with Gasteiger partial charge in [-0.2, -0.15) is 0 Å². The molecule has 0 unspecified atom stereocenters. The number of rotatable bonds is 6. The molecule has 0 saturated carbocycles. The molecule has 2 aromatic heterocycles. The molecule has 0 aliphatic rings. The molecule has 0 fully saturated rings. The van der Waals surface area contributed by atoms with E-state index >= 15 is 0 Å². The summed E-state index contributed by atoms with van der Waals surface area (Å²) in [6.45, 7) is 0.543. The lowest BCUT2D eigenvalue weighted by molar-refractivity contribution is -0.120. The first kappa shape index (κ1) is 16.0. The molecule has 26 heavy (non-hydrogen) atoms. The Labute approximate surface area is 149 Å². The zero-order valence-corrected chi connectivity index (χ0v) is 14.0. The molecule has 0 bridgehead atoms. The SMILES string of the molecule is O=C(Cc1ccc(-n2cnnn2)cc1)NCCc1cc2ccccc2o1. The average Bonchev–Trinajstić information content (AvgIpc) is 3.32. The van der Waals surface area contributed by atoms with Gasteiger partial charge in [-0.25, -0.2) is 4.68 Å². The second-order valence-corrected chi connectivity index (χ2v) is 5.95. The molecule has 1 amide bonds. The molecule has 0 aliphatic carbocycles. The maximum Gasteiger partial charge on any atom is 0.224 e. The van der Waals surface area contributed by atoms with Crippen LogP contribution >= 0.6 is 0 Å². The molecule has 0 radical (unpaired) electrons. The largest absolute Gasteiger partial charge is 0.461 e. The molecule has 7 heteroatoms. The lowest BCUT2D eigenvalue weighted by atomic mass is 10.1. The van der Waals surface area contributed by atoms with Gasteiger partial charge in [-0.05, 0) is 40.3 Å². The highest BCUT2D eigenvalue weighted by Gasteiger charge is 2.06. The number of fused-ring (bicyclic) bond motifs is 1. The maximum atomic E-state index is 12.1. The van der Waals surface area contributed by atoms with E-state index in [1.54, 1.807) is 4.68 Å². The molecule has 4 aromatic rings. The molecule has 0 aliphatic heterocycles. The van der Waals surface area contributed by atoms with Crippen molar-refractivity contribution >= 4 is 16.9 Å². The minimum absolute atomic E-state index is 0.0173. The highest BCUT2D eigenvalue weighted by Crippen LogP contribution is 2.18. The predicted octanol–water partition coefficient (Wildman–Crippen LogP) is 2.31. The van der Waals surface area contributed by atoms with Crippen molar-refractivity contribution < 1.29 is 9.21 Å². The summed E-state index contributed by atoms with van der Waals surface area (Å²) in [7, 11) is 0. The second kappa shape index (κ2) is 7.18. The first-order valence-electron chi connectivity index (χ1n) is 8.34. The fraction of sp³-hybridized carbons (Fsp3) is 0.158. The Balaban J connectivity index is 1.28. The molecule has 0 saturated heterocycles. The van der Waals surface area contributed by atoms with Crippen molar-refractivity contribution in [2.45, 2.75) is 12.8 Å². The molecule has 130 valence electrons. The Hall–Kier alpha value is -3.48. The standard InChI is InChI=1S/C19H17N5O2/c25-19(11-14-5-7-16(8-6-14)24-13-21-22-23-24)20-10-9-17-12-15-3-1-2-4-18(15)26-17/h1-8,12-13H,9-11H2,(H,20,25). The molecule has 4 rings (SSSR count). The number of tetrazole rings is 1. The summed E-state index contributed by atoms with van der Waals surface area (Å²) in [5, 5.41) is 15.0. The van der Waals surface area contributed by atoms with Crippen molar-refractivity contribution in [2.75, 3.05) is 6.54 Å². The Morgan fingerprint density at radius 1 is 1.12 bits per heavy atom. The Morgan fingerprint density at radius 2 is 1.96 bits per heavy atom. The van der Waals surface area contributed by atoms with Gasteiger partial charge < -0.3 is 9.73 Å². The number of amides is 1. The highest BCUT2D eigenvalue weighted by molar-refractivity contribution is 5.79. The number of furan rings is 1. The summed E-state index contributed by atoms with van der Waals surface area (Å²) < 4.78 is 7.31. The Bertz CT molecular complexity index is 973. The van der Waals surface area contributed by atoms with Gasteiger partial charge in [0.25, 0.3) is 0 Å². The van der Waals surface area contributed by atoms with Gasteiger partial charge in [0.2, 0.25) is 5.91 Å². The van der Waals surface area contributed by atoms with Gasteiger partial charge in [0, 0.05) is 18.4 Å².